The Bertz CT molecular complexity index is 875. The number of esters is 1. The van der Waals surface area contributed by atoms with E-state index in [1.807, 2.05) is 0 Å². The molecular formula is C19H16ClF4NO2S. The Labute approximate surface area is 168 Å². The van der Waals surface area contributed by atoms with Gasteiger partial charge < -0.3 is 10.1 Å². The summed E-state index contributed by atoms with van der Waals surface area (Å²) in [5, 5.41) is 3.43. The van der Waals surface area contributed by atoms with Gasteiger partial charge in [0.1, 0.15) is 11.9 Å². The van der Waals surface area contributed by atoms with E-state index in [-0.39, 0.29) is 12.4 Å². The van der Waals surface area contributed by atoms with E-state index >= 15 is 0 Å². The van der Waals surface area contributed by atoms with Crippen LogP contribution in [0, 0.1) is 5.82 Å². The minimum atomic E-state index is -5.06. The molecule has 0 radical (unpaired) electrons. The van der Waals surface area contributed by atoms with Gasteiger partial charge in [0, 0.05) is 17.2 Å². The summed E-state index contributed by atoms with van der Waals surface area (Å²) in [6.45, 7) is 0.575. The Morgan fingerprint density at radius 2 is 2.07 bits per heavy atom. The molecule has 1 heterocycles. The van der Waals surface area contributed by atoms with E-state index in [0.29, 0.717) is 34.2 Å². The fourth-order valence-corrected chi connectivity index (χ4v) is 4.40. The number of hydrogen-bond acceptors (Lipinski definition) is 4. The van der Waals surface area contributed by atoms with E-state index in [9.17, 15) is 22.4 Å². The number of carbonyl (C=O) groups is 1. The number of carbonyl (C=O) groups excluding carboxylic acids is 1. The van der Waals surface area contributed by atoms with Crippen LogP contribution in [-0.4, -0.2) is 25.2 Å². The quantitative estimate of drug-likeness (QED) is 0.415. The lowest BCUT2D eigenvalue weighted by Gasteiger charge is -2.21. The first kappa shape index (κ1) is 21.0. The molecule has 2 aromatic carbocycles. The predicted octanol–water partition coefficient (Wildman–Crippen LogP) is 5.06. The van der Waals surface area contributed by atoms with Gasteiger partial charge in [-0.15, -0.1) is 11.8 Å². The van der Waals surface area contributed by atoms with Crippen molar-refractivity contribution in [1.82, 2.24) is 5.32 Å². The van der Waals surface area contributed by atoms with Crippen molar-refractivity contribution in [3.8, 4) is 0 Å². The third-order valence-electron chi connectivity index (χ3n) is 4.23. The summed E-state index contributed by atoms with van der Waals surface area (Å²) in [7, 11) is 0. The average molecular weight is 434 g/mol. The molecule has 1 N–H and O–H groups in total. The molecule has 0 saturated heterocycles. The molecule has 0 fully saturated rings. The summed E-state index contributed by atoms with van der Waals surface area (Å²) in [6.07, 6.45) is -5.62. The lowest BCUT2D eigenvalue weighted by atomic mass is 10.0. The van der Waals surface area contributed by atoms with Gasteiger partial charge in [-0.25, -0.2) is 9.18 Å². The topological polar surface area (TPSA) is 38.3 Å². The second-order valence-electron chi connectivity index (χ2n) is 6.21. The van der Waals surface area contributed by atoms with Crippen molar-refractivity contribution >= 4 is 29.3 Å². The van der Waals surface area contributed by atoms with Crippen LogP contribution < -0.4 is 5.32 Å². The van der Waals surface area contributed by atoms with Crippen LogP contribution in [0.1, 0.15) is 22.8 Å². The minimum absolute atomic E-state index is 0.0739. The second kappa shape index (κ2) is 8.71. The number of nitrogens with one attached hydrogen (secondary N) is 1. The van der Waals surface area contributed by atoms with Crippen molar-refractivity contribution < 1.29 is 27.1 Å². The fourth-order valence-electron chi connectivity index (χ4n) is 2.97. The first-order chi connectivity index (χ1) is 13.3. The zero-order chi connectivity index (χ0) is 20.3. The Morgan fingerprint density at radius 1 is 1.29 bits per heavy atom. The fraction of sp³-hybridized carbons (Fsp3) is 0.316. The maximum Gasteiger partial charge on any atom is 0.490 e. The SMILES string of the molecule is O=C(OC1CNCCc2c1ccc(Cl)c2SCc1cccc(F)c1)C(F)(F)F. The van der Waals surface area contributed by atoms with E-state index in [2.05, 4.69) is 5.32 Å². The number of alkyl halides is 3. The molecule has 1 atom stereocenters. The van der Waals surface area contributed by atoms with Gasteiger partial charge in [-0.3, -0.25) is 0 Å². The molecule has 3 rings (SSSR count). The summed E-state index contributed by atoms with van der Waals surface area (Å²) in [4.78, 5) is 12.0. The second-order valence-corrected chi connectivity index (χ2v) is 7.60. The molecule has 28 heavy (non-hydrogen) atoms. The van der Waals surface area contributed by atoms with Gasteiger partial charge in [0.2, 0.25) is 0 Å². The van der Waals surface area contributed by atoms with Gasteiger partial charge in [0.15, 0.2) is 0 Å². The van der Waals surface area contributed by atoms with E-state index in [4.69, 9.17) is 16.3 Å². The number of rotatable bonds is 4. The minimum Gasteiger partial charge on any atom is -0.449 e. The van der Waals surface area contributed by atoms with Crippen LogP contribution in [0.25, 0.3) is 0 Å². The number of halogens is 5. The number of ether oxygens (including phenoxy) is 1. The summed E-state index contributed by atoms with van der Waals surface area (Å²) in [5.74, 6) is -2.13. The standard InChI is InChI=1S/C19H16ClF4NO2S/c20-15-5-4-13-14(17(15)28-10-11-2-1-3-12(21)8-11)6-7-25-9-16(13)27-18(26)19(22,23)24/h1-5,8,16,25H,6-7,9-10H2. The molecule has 1 unspecified atom stereocenters. The van der Waals surface area contributed by atoms with Gasteiger partial charge in [-0.05, 0) is 47.9 Å². The maximum absolute atomic E-state index is 13.4. The normalized spacial score (nSPS) is 17.0. The molecule has 0 amide bonds. The van der Waals surface area contributed by atoms with Crippen LogP contribution in [0.4, 0.5) is 17.6 Å². The third-order valence-corrected chi connectivity index (χ3v) is 5.89. The van der Waals surface area contributed by atoms with E-state index in [0.717, 1.165) is 11.1 Å². The summed E-state index contributed by atoms with van der Waals surface area (Å²) < 4.78 is 55.9. The van der Waals surface area contributed by atoms with E-state index < -0.39 is 18.2 Å². The maximum atomic E-state index is 13.4. The molecule has 1 aliphatic heterocycles. The van der Waals surface area contributed by atoms with E-state index in [1.165, 1.54) is 23.9 Å². The van der Waals surface area contributed by atoms with Gasteiger partial charge >= 0.3 is 12.1 Å². The third kappa shape index (κ3) is 4.98. The Morgan fingerprint density at radius 3 is 2.79 bits per heavy atom. The molecule has 0 saturated carbocycles. The zero-order valence-electron chi connectivity index (χ0n) is 14.5. The molecule has 0 bridgehead atoms. The number of thioether (sulfide) groups is 1. The lowest BCUT2D eigenvalue weighted by Crippen LogP contribution is -2.30. The smallest absolute Gasteiger partial charge is 0.449 e. The Kier molecular flexibility index (Phi) is 6.52. The highest BCUT2D eigenvalue weighted by atomic mass is 35.5. The van der Waals surface area contributed by atoms with Crippen molar-refractivity contribution in [3.05, 3.63) is 63.9 Å². The summed E-state index contributed by atoms with van der Waals surface area (Å²) in [6, 6.07) is 9.31. The highest BCUT2D eigenvalue weighted by Crippen LogP contribution is 2.39. The highest BCUT2D eigenvalue weighted by Gasteiger charge is 2.43. The lowest BCUT2D eigenvalue weighted by molar-refractivity contribution is -0.205. The van der Waals surface area contributed by atoms with Crippen LogP contribution in [0.5, 0.6) is 0 Å². The summed E-state index contributed by atoms with van der Waals surface area (Å²) in [5.41, 5.74) is 1.98. The van der Waals surface area contributed by atoms with E-state index in [1.54, 1.807) is 24.3 Å². The first-order valence-corrected chi connectivity index (χ1v) is 9.79. The van der Waals surface area contributed by atoms with Crippen molar-refractivity contribution in [2.75, 3.05) is 13.1 Å². The van der Waals surface area contributed by atoms with Crippen molar-refractivity contribution in [2.24, 2.45) is 0 Å². The molecule has 0 aliphatic carbocycles. The van der Waals surface area contributed by atoms with Crippen LogP contribution in [-0.2, 0) is 21.7 Å². The van der Waals surface area contributed by atoms with Gasteiger partial charge in [-0.2, -0.15) is 13.2 Å². The van der Waals surface area contributed by atoms with Gasteiger partial charge in [0.25, 0.3) is 0 Å². The molecule has 0 spiro atoms. The molecule has 3 nitrogen and oxygen atoms in total. The number of hydrogen-bond donors (Lipinski definition) is 1. The molecule has 0 aromatic heterocycles. The van der Waals surface area contributed by atoms with Crippen LogP contribution >= 0.6 is 23.4 Å². The van der Waals surface area contributed by atoms with Crippen LogP contribution in [0.2, 0.25) is 5.02 Å². The average Bonchev–Trinajstić information content (AvgIpc) is 2.82. The number of benzene rings is 2. The Hall–Kier alpha value is -1.77. The van der Waals surface area contributed by atoms with Gasteiger partial charge in [-0.1, -0.05) is 29.8 Å². The molecular weight excluding hydrogens is 418 g/mol. The molecule has 9 heteroatoms. The van der Waals surface area contributed by atoms with Crippen molar-refractivity contribution in [3.63, 3.8) is 0 Å². The van der Waals surface area contributed by atoms with Crippen molar-refractivity contribution in [1.29, 1.82) is 0 Å². The number of fused-ring (bicyclic) bond motifs is 1. The monoisotopic (exact) mass is 433 g/mol. The van der Waals surface area contributed by atoms with Crippen molar-refractivity contribution in [2.45, 2.75) is 29.3 Å². The molecule has 2 aromatic rings. The zero-order valence-corrected chi connectivity index (χ0v) is 16.1. The largest absolute Gasteiger partial charge is 0.490 e. The highest BCUT2D eigenvalue weighted by molar-refractivity contribution is 7.98. The van der Waals surface area contributed by atoms with Gasteiger partial charge in [0.05, 0.1) is 5.02 Å². The van der Waals surface area contributed by atoms with Crippen LogP contribution in [0.3, 0.4) is 0 Å². The summed E-state index contributed by atoms with van der Waals surface area (Å²) >= 11 is 7.71. The molecule has 1 aliphatic rings. The predicted molar refractivity (Wildman–Crippen MR) is 98.9 cm³/mol. The van der Waals surface area contributed by atoms with Crippen LogP contribution in [0.15, 0.2) is 41.3 Å². The first-order valence-electron chi connectivity index (χ1n) is 8.42. The molecule has 150 valence electrons. The Balaban J connectivity index is 1.88.